The Balaban J connectivity index is 2.05. The molecule has 11 heteroatoms. The summed E-state index contributed by atoms with van der Waals surface area (Å²) in [5, 5.41) is 7.66. The van der Waals surface area contributed by atoms with Crippen LogP contribution in [0, 0.1) is 0 Å². The fourth-order valence-corrected chi connectivity index (χ4v) is 4.15. The van der Waals surface area contributed by atoms with Crippen molar-refractivity contribution in [2.24, 2.45) is 0 Å². The highest BCUT2D eigenvalue weighted by atomic mass is 35.5. The first-order chi connectivity index (χ1) is 12.3. The van der Waals surface area contributed by atoms with Gasteiger partial charge in [0.2, 0.25) is 0 Å². The van der Waals surface area contributed by atoms with E-state index in [2.05, 4.69) is 10.3 Å². The minimum Gasteiger partial charge on any atom is -0.461 e. The summed E-state index contributed by atoms with van der Waals surface area (Å²) < 4.78 is 36.4. The Morgan fingerprint density at radius 1 is 1.27 bits per heavy atom. The Kier molecular flexibility index (Phi) is 5.03. The average Bonchev–Trinajstić information content (AvgIpc) is 3.24. The van der Waals surface area contributed by atoms with Crippen molar-refractivity contribution in [3.05, 3.63) is 52.3 Å². The molecule has 2 aromatic heterocycles. The van der Waals surface area contributed by atoms with Gasteiger partial charge in [-0.15, -0.1) is 4.09 Å². The van der Waals surface area contributed by atoms with Crippen LogP contribution < -0.4 is 0 Å². The third-order valence-corrected chi connectivity index (χ3v) is 5.57. The Hall–Kier alpha value is -2.36. The fraction of sp³-hybridized carbons (Fsp3) is 0.133. The Labute approximate surface area is 158 Å². The van der Waals surface area contributed by atoms with Gasteiger partial charge in [0.25, 0.3) is 10.0 Å². The maximum absolute atomic E-state index is 12.9. The van der Waals surface area contributed by atoms with Gasteiger partial charge < -0.3 is 9.26 Å². The number of esters is 1. The van der Waals surface area contributed by atoms with Crippen LogP contribution >= 0.6 is 23.2 Å². The molecular formula is C15H11Cl2N3O5S. The molecule has 0 fully saturated rings. The minimum atomic E-state index is -4.13. The van der Waals surface area contributed by atoms with Crippen LogP contribution in [0.3, 0.4) is 0 Å². The molecule has 136 valence electrons. The lowest BCUT2D eigenvalue weighted by molar-refractivity contribution is 0.0514. The second-order valence-corrected chi connectivity index (χ2v) is 7.52. The standard InChI is InChI=1S/C15H11Cl2N3O5S/c1-2-24-15(21)11-8-13(25-19-11)12-5-6-18-20(12)26(22,23)14-4-3-9(16)7-10(14)17/h3-8H,2H2,1H3. The lowest BCUT2D eigenvalue weighted by atomic mass is 10.3. The van der Waals surface area contributed by atoms with Gasteiger partial charge in [-0.1, -0.05) is 28.4 Å². The van der Waals surface area contributed by atoms with Gasteiger partial charge in [0.1, 0.15) is 10.6 Å². The molecule has 0 atom stereocenters. The summed E-state index contributed by atoms with van der Waals surface area (Å²) in [4.78, 5) is 11.5. The normalized spacial score (nSPS) is 11.5. The highest BCUT2D eigenvalue weighted by Gasteiger charge is 2.26. The van der Waals surface area contributed by atoms with Gasteiger partial charge >= 0.3 is 5.97 Å². The van der Waals surface area contributed by atoms with Gasteiger partial charge in [-0.05, 0) is 31.2 Å². The first kappa shape index (κ1) is 18.4. The van der Waals surface area contributed by atoms with E-state index in [9.17, 15) is 13.2 Å². The van der Waals surface area contributed by atoms with Gasteiger partial charge in [-0.2, -0.15) is 13.5 Å². The molecule has 0 N–H and O–H groups in total. The summed E-state index contributed by atoms with van der Waals surface area (Å²) in [6.45, 7) is 1.82. The van der Waals surface area contributed by atoms with Crippen LogP contribution in [0.2, 0.25) is 10.0 Å². The third-order valence-electron chi connectivity index (χ3n) is 3.26. The number of hydrogen-bond donors (Lipinski definition) is 0. The van der Waals surface area contributed by atoms with E-state index in [1.54, 1.807) is 6.92 Å². The third kappa shape index (κ3) is 3.33. The number of rotatable bonds is 5. The van der Waals surface area contributed by atoms with Gasteiger partial charge in [-0.3, -0.25) is 0 Å². The monoisotopic (exact) mass is 415 g/mol. The lowest BCUT2D eigenvalue weighted by Crippen LogP contribution is -2.16. The van der Waals surface area contributed by atoms with Gasteiger partial charge in [0, 0.05) is 11.1 Å². The van der Waals surface area contributed by atoms with Crippen LogP contribution in [0.5, 0.6) is 0 Å². The Bertz CT molecular complexity index is 1070. The van der Waals surface area contributed by atoms with E-state index in [0.29, 0.717) is 5.02 Å². The van der Waals surface area contributed by atoms with Crippen molar-refractivity contribution in [3.8, 4) is 11.5 Å². The zero-order chi connectivity index (χ0) is 18.9. The summed E-state index contributed by atoms with van der Waals surface area (Å²) >= 11 is 11.8. The number of carbonyl (C=O) groups excluding carboxylic acids is 1. The molecule has 0 spiro atoms. The molecule has 0 radical (unpaired) electrons. The number of halogens is 2. The first-order valence-corrected chi connectivity index (χ1v) is 9.43. The zero-order valence-corrected chi connectivity index (χ0v) is 15.5. The summed E-state index contributed by atoms with van der Waals surface area (Å²) in [6, 6.07) is 6.65. The highest BCUT2D eigenvalue weighted by Crippen LogP contribution is 2.29. The molecule has 0 unspecified atom stereocenters. The van der Waals surface area contributed by atoms with Crippen molar-refractivity contribution in [1.82, 2.24) is 14.3 Å². The molecular weight excluding hydrogens is 405 g/mol. The van der Waals surface area contributed by atoms with E-state index in [1.165, 1.54) is 36.5 Å². The predicted octanol–water partition coefficient (Wildman–Crippen LogP) is 3.26. The SMILES string of the molecule is CCOC(=O)c1cc(-c2ccnn2S(=O)(=O)c2ccc(Cl)cc2Cl)on1. The molecule has 0 aliphatic rings. The maximum Gasteiger partial charge on any atom is 0.360 e. The van der Waals surface area contributed by atoms with E-state index in [4.69, 9.17) is 32.5 Å². The van der Waals surface area contributed by atoms with Crippen molar-refractivity contribution in [1.29, 1.82) is 0 Å². The molecule has 0 bridgehead atoms. The van der Waals surface area contributed by atoms with Crippen molar-refractivity contribution >= 4 is 39.2 Å². The maximum atomic E-state index is 12.9. The summed E-state index contributed by atoms with van der Waals surface area (Å²) in [7, 11) is -4.13. The van der Waals surface area contributed by atoms with E-state index in [-0.39, 0.29) is 33.7 Å². The van der Waals surface area contributed by atoms with Crippen LogP contribution in [-0.2, 0) is 14.8 Å². The molecule has 0 saturated heterocycles. The molecule has 3 aromatic rings. The van der Waals surface area contributed by atoms with Gasteiger partial charge in [0.05, 0.1) is 17.8 Å². The first-order valence-electron chi connectivity index (χ1n) is 7.23. The second kappa shape index (κ2) is 7.10. The van der Waals surface area contributed by atoms with Crippen LogP contribution in [0.4, 0.5) is 0 Å². The van der Waals surface area contributed by atoms with Crippen molar-refractivity contribution in [2.45, 2.75) is 11.8 Å². The second-order valence-electron chi connectivity index (χ2n) is 4.94. The summed E-state index contributed by atoms with van der Waals surface area (Å²) in [5.74, 6) is -0.656. The topological polar surface area (TPSA) is 104 Å². The zero-order valence-electron chi connectivity index (χ0n) is 13.2. The quantitative estimate of drug-likeness (QED) is 0.588. The van der Waals surface area contributed by atoms with Crippen LogP contribution in [-0.4, -0.2) is 35.3 Å². The number of ether oxygens (including phenoxy) is 1. The van der Waals surface area contributed by atoms with Gasteiger partial charge in [0.15, 0.2) is 11.5 Å². The Morgan fingerprint density at radius 3 is 2.73 bits per heavy atom. The van der Waals surface area contributed by atoms with Crippen molar-refractivity contribution in [2.75, 3.05) is 6.61 Å². The van der Waals surface area contributed by atoms with Crippen molar-refractivity contribution < 1.29 is 22.5 Å². The molecule has 0 saturated carbocycles. The fourth-order valence-electron chi connectivity index (χ4n) is 2.13. The summed E-state index contributed by atoms with van der Waals surface area (Å²) in [6.07, 6.45) is 1.27. The molecule has 0 amide bonds. The largest absolute Gasteiger partial charge is 0.461 e. The predicted molar refractivity (Wildman–Crippen MR) is 92.7 cm³/mol. The molecule has 0 aliphatic carbocycles. The number of benzene rings is 1. The van der Waals surface area contributed by atoms with E-state index in [0.717, 1.165) is 4.09 Å². The molecule has 3 rings (SSSR count). The number of aromatic nitrogens is 3. The molecule has 26 heavy (non-hydrogen) atoms. The minimum absolute atomic E-state index is 0.0271. The van der Waals surface area contributed by atoms with Crippen LogP contribution in [0.25, 0.3) is 11.5 Å². The van der Waals surface area contributed by atoms with Crippen molar-refractivity contribution in [3.63, 3.8) is 0 Å². The average molecular weight is 416 g/mol. The van der Waals surface area contributed by atoms with E-state index >= 15 is 0 Å². The van der Waals surface area contributed by atoms with Crippen LogP contribution in [0.1, 0.15) is 17.4 Å². The lowest BCUT2D eigenvalue weighted by Gasteiger charge is -2.08. The van der Waals surface area contributed by atoms with E-state index < -0.39 is 16.0 Å². The number of hydrogen-bond acceptors (Lipinski definition) is 7. The Morgan fingerprint density at radius 2 is 2.04 bits per heavy atom. The highest BCUT2D eigenvalue weighted by molar-refractivity contribution is 7.90. The number of nitrogens with zero attached hydrogens (tertiary/aromatic N) is 3. The van der Waals surface area contributed by atoms with Crippen LogP contribution in [0.15, 0.2) is 45.9 Å². The van der Waals surface area contributed by atoms with E-state index in [1.807, 2.05) is 0 Å². The summed E-state index contributed by atoms with van der Waals surface area (Å²) in [5.41, 5.74) is -0.0180. The molecule has 1 aromatic carbocycles. The number of carbonyl (C=O) groups is 1. The smallest absolute Gasteiger partial charge is 0.360 e. The molecule has 2 heterocycles. The van der Waals surface area contributed by atoms with Gasteiger partial charge in [-0.25, -0.2) is 4.79 Å². The molecule has 0 aliphatic heterocycles. The molecule has 8 nitrogen and oxygen atoms in total.